The summed E-state index contributed by atoms with van der Waals surface area (Å²) in [5.41, 5.74) is 0. The Morgan fingerprint density at radius 2 is 2.00 bits per heavy atom. The van der Waals surface area contributed by atoms with Crippen LogP contribution in [0.2, 0.25) is 0 Å². The molecule has 0 bridgehead atoms. The van der Waals surface area contributed by atoms with Gasteiger partial charge in [0.15, 0.2) is 0 Å². The van der Waals surface area contributed by atoms with Crippen molar-refractivity contribution in [3.05, 3.63) is 0 Å². The van der Waals surface area contributed by atoms with Crippen molar-refractivity contribution in [2.45, 2.75) is 58.0 Å². The van der Waals surface area contributed by atoms with E-state index in [2.05, 4.69) is 24.1 Å². The second-order valence-electron chi connectivity index (χ2n) is 6.71. The molecular weight excluding hydrogens is 236 g/mol. The third-order valence-electron chi connectivity index (χ3n) is 4.74. The molecule has 3 heteroatoms. The molecule has 1 aliphatic carbocycles. The average molecular weight is 268 g/mol. The fraction of sp³-hybridized carbons (Fsp3) is 1.00. The zero-order valence-corrected chi connectivity index (χ0v) is 13.0. The summed E-state index contributed by atoms with van der Waals surface area (Å²) >= 11 is 0. The Morgan fingerprint density at radius 1 is 1.21 bits per heavy atom. The molecule has 1 saturated heterocycles. The molecule has 2 fully saturated rings. The van der Waals surface area contributed by atoms with Crippen molar-refractivity contribution in [1.82, 2.24) is 10.2 Å². The summed E-state index contributed by atoms with van der Waals surface area (Å²) in [5, 5.41) is 3.79. The molecule has 0 spiro atoms. The Hall–Kier alpha value is -0.120. The van der Waals surface area contributed by atoms with E-state index in [0.29, 0.717) is 0 Å². The molecule has 2 aliphatic rings. The lowest BCUT2D eigenvalue weighted by Crippen LogP contribution is -2.59. The SMILES string of the molecule is COCCCCCN1CC(C2CC2)NCC1C(C)C. The third kappa shape index (κ3) is 4.73. The van der Waals surface area contributed by atoms with E-state index in [0.717, 1.165) is 30.5 Å². The van der Waals surface area contributed by atoms with Gasteiger partial charge in [0.25, 0.3) is 0 Å². The zero-order valence-electron chi connectivity index (χ0n) is 13.0. The van der Waals surface area contributed by atoms with Gasteiger partial charge in [-0.25, -0.2) is 0 Å². The van der Waals surface area contributed by atoms with Gasteiger partial charge in [0.1, 0.15) is 0 Å². The van der Waals surface area contributed by atoms with Crippen LogP contribution in [0.1, 0.15) is 46.0 Å². The Labute approximate surface area is 119 Å². The number of rotatable bonds is 8. The van der Waals surface area contributed by atoms with Crippen LogP contribution in [-0.4, -0.2) is 50.3 Å². The maximum Gasteiger partial charge on any atom is 0.0462 e. The normalized spacial score (nSPS) is 29.1. The van der Waals surface area contributed by atoms with Crippen LogP contribution >= 0.6 is 0 Å². The second kappa shape index (κ2) is 7.61. The molecule has 2 unspecified atom stereocenters. The fourth-order valence-electron chi connectivity index (χ4n) is 3.32. The Bertz CT molecular complexity index is 253. The van der Waals surface area contributed by atoms with Gasteiger partial charge in [-0.3, -0.25) is 4.90 Å². The second-order valence-corrected chi connectivity index (χ2v) is 6.71. The van der Waals surface area contributed by atoms with Crippen LogP contribution in [0, 0.1) is 11.8 Å². The van der Waals surface area contributed by atoms with Crippen molar-refractivity contribution >= 4 is 0 Å². The lowest BCUT2D eigenvalue weighted by Gasteiger charge is -2.42. The molecule has 112 valence electrons. The summed E-state index contributed by atoms with van der Waals surface area (Å²) in [4.78, 5) is 2.76. The van der Waals surface area contributed by atoms with Gasteiger partial charge in [-0.2, -0.15) is 0 Å². The van der Waals surface area contributed by atoms with Gasteiger partial charge in [-0.05, 0) is 50.5 Å². The molecule has 2 rings (SSSR count). The van der Waals surface area contributed by atoms with Crippen LogP contribution in [0.5, 0.6) is 0 Å². The number of hydrogen-bond acceptors (Lipinski definition) is 3. The van der Waals surface area contributed by atoms with E-state index in [1.807, 2.05) is 0 Å². The Kier molecular flexibility index (Phi) is 6.11. The van der Waals surface area contributed by atoms with Crippen molar-refractivity contribution < 1.29 is 4.74 Å². The predicted octanol–water partition coefficient (Wildman–Crippen LogP) is 2.51. The summed E-state index contributed by atoms with van der Waals surface area (Å²) < 4.78 is 5.13. The highest BCUT2D eigenvalue weighted by atomic mass is 16.5. The van der Waals surface area contributed by atoms with E-state index < -0.39 is 0 Å². The molecule has 0 radical (unpaired) electrons. The molecule has 0 aromatic heterocycles. The first kappa shape index (κ1) is 15.3. The predicted molar refractivity (Wildman–Crippen MR) is 80.4 cm³/mol. The molecule has 1 heterocycles. The monoisotopic (exact) mass is 268 g/mol. The quantitative estimate of drug-likeness (QED) is 0.685. The van der Waals surface area contributed by atoms with E-state index >= 15 is 0 Å². The first-order valence-electron chi connectivity index (χ1n) is 8.18. The molecule has 2 atom stereocenters. The molecule has 0 aromatic carbocycles. The van der Waals surface area contributed by atoms with Crippen molar-refractivity contribution in [2.24, 2.45) is 11.8 Å². The van der Waals surface area contributed by atoms with E-state index in [9.17, 15) is 0 Å². The first-order chi connectivity index (χ1) is 9.22. The van der Waals surface area contributed by atoms with Crippen molar-refractivity contribution in [3.63, 3.8) is 0 Å². The van der Waals surface area contributed by atoms with Crippen molar-refractivity contribution in [3.8, 4) is 0 Å². The molecule has 19 heavy (non-hydrogen) atoms. The van der Waals surface area contributed by atoms with E-state index in [4.69, 9.17) is 4.74 Å². The Balaban J connectivity index is 1.74. The van der Waals surface area contributed by atoms with E-state index in [1.165, 1.54) is 51.7 Å². The third-order valence-corrected chi connectivity index (χ3v) is 4.74. The van der Waals surface area contributed by atoms with Gasteiger partial charge >= 0.3 is 0 Å². The van der Waals surface area contributed by atoms with Crippen LogP contribution in [0.25, 0.3) is 0 Å². The van der Waals surface area contributed by atoms with Crippen LogP contribution in [0.15, 0.2) is 0 Å². The first-order valence-corrected chi connectivity index (χ1v) is 8.18. The van der Waals surface area contributed by atoms with Crippen LogP contribution in [0.3, 0.4) is 0 Å². The van der Waals surface area contributed by atoms with Crippen LogP contribution in [-0.2, 0) is 4.74 Å². The maximum atomic E-state index is 5.13. The van der Waals surface area contributed by atoms with Crippen molar-refractivity contribution in [2.75, 3.05) is 33.4 Å². The Morgan fingerprint density at radius 3 is 2.63 bits per heavy atom. The maximum absolute atomic E-state index is 5.13. The zero-order chi connectivity index (χ0) is 13.7. The summed E-state index contributed by atoms with van der Waals surface area (Å²) in [7, 11) is 1.80. The number of unbranched alkanes of at least 4 members (excludes halogenated alkanes) is 2. The van der Waals surface area contributed by atoms with Gasteiger partial charge in [0, 0.05) is 38.9 Å². The minimum absolute atomic E-state index is 0.734. The highest BCUT2D eigenvalue weighted by Crippen LogP contribution is 2.34. The number of nitrogens with zero attached hydrogens (tertiary/aromatic N) is 1. The largest absolute Gasteiger partial charge is 0.385 e. The molecule has 1 N–H and O–H groups in total. The standard InChI is InChI=1S/C16H32N2O/c1-13(2)16-11-17-15(14-7-8-14)12-18(16)9-5-4-6-10-19-3/h13-17H,4-12H2,1-3H3. The fourth-order valence-corrected chi connectivity index (χ4v) is 3.32. The lowest BCUT2D eigenvalue weighted by atomic mass is 9.96. The van der Waals surface area contributed by atoms with Gasteiger partial charge in [-0.1, -0.05) is 13.8 Å². The molecular formula is C16H32N2O. The van der Waals surface area contributed by atoms with E-state index in [1.54, 1.807) is 7.11 Å². The molecule has 0 aromatic rings. The van der Waals surface area contributed by atoms with Crippen molar-refractivity contribution in [1.29, 1.82) is 0 Å². The number of nitrogens with one attached hydrogen (secondary N) is 1. The number of piperazine rings is 1. The summed E-state index contributed by atoms with van der Waals surface area (Å²) in [6.07, 6.45) is 6.74. The summed E-state index contributed by atoms with van der Waals surface area (Å²) in [5.74, 6) is 1.73. The van der Waals surface area contributed by atoms with Crippen LogP contribution < -0.4 is 5.32 Å². The number of methoxy groups -OCH3 is 1. The van der Waals surface area contributed by atoms with Gasteiger partial charge in [0.05, 0.1) is 0 Å². The van der Waals surface area contributed by atoms with Gasteiger partial charge in [-0.15, -0.1) is 0 Å². The minimum atomic E-state index is 0.734. The van der Waals surface area contributed by atoms with E-state index in [-0.39, 0.29) is 0 Å². The highest BCUT2D eigenvalue weighted by molar-refractivity contribution is 4.95. The highest BCUT2D eigenvalue weighted by Gasteiger charge is 2.37. The van der Waals surface area contributed by atoms with Gasteiger partial charge in [0.2, 0.25) is 0 Å². The smallest absolute Gasteiger partial charge is 0.0462 e. The van der Waals surface area contributed by atoms with Gasteiger partial charge < -0.3 is 10.1 Å². The average Bonchev–Trinajstić information content (AvgIpc) is 3.22. The summed E-state index contributed by atoms with van der Waals surface area (Å²) in [6, 6.07) is 1.51. The number of ether oxygens (including phenoxy) is 1. The van der Waals surface area contributed by atoms with Crippen LogP contribution in [0.4, 0.5) is 0 Å². The molecule has 0 amide bonds. The molecule has 1 saturated carbocycles. The molecule has 1 aliphatic heterocycles. The molecule has 3 nitrogen and oxygen atoms in total. The minimum Gasteiger partial charge on any atom is -0.385 e. The lowest BCUT2D eigenvalue weighted by molar-refractivity contribution is 0.0894. The topological polar surface area (TPSA) is 24.5 Å². The summed E-state index contributed by atoms with van der Waals surface area (Å²) in [6.45, 7) is 9.38. The number of hydrogen-bond donors (Lipinski definition) is 1.